The topological polar surface area (TPSA) is 50.6 Å². The molecule has 0 fully saturated rings. The number of hydrogen-bond acceptors (Lipinski definition) is 4. The number of aryl methyl sites for hydroxylation is 1. The molecular formula is C18H24N4O2. The second-order valence-corrected chi connectivity index (χ2v) is 6.27. The lowest BCUT2D eigenvalue weighted by Gasteiger charge is -2.28. The molecule has 6 nitrogen and oxygen atoms in total. The average molecular weight is 328 g/mol. The fraction of sp³-hybridized carbons (Fsp3) is 0.444. The molecule has 2 heterocycles. The van der Waals surface area contributed by atoms with E-state index in [2.05, 4.69) is 14.5 Å². The van der Waals surface area contributed by atoms with Crippen LogP contribution in [0.5, 0.6) is 5.75 Å². The maximum atomic E-state index is 12.6. The smallest absolute Gasteiger partial charge is 0.236 e. The Kier molecular flexibility index (Phi) is 4.85. The molecular weight excluding hydrogens is 304 g/mol. The largest absolute Gasteiger partial charge is 0.496 e. The fourth-order valence-electron chi connectivity index (χ4n) is 3.14. The maximum absolute atomic E-state index is 12.6. The van der Waals surface area contributed by atoms with Crippen molar-refractivity contribution in [3.05, 3.63) is 47.5 Å². The molecule has 6 heteroatoms. The lowest BCUT2D eigenvalue weighted by Crippen LogP contribution is -2.40. The van der Waals surface area contributed by atoms with Crippen molar-refractivity contribution in [1.82, 2.24) is 19.4 Å². The number of carbonyl (C=O) groups is 1. The Morgan fingerprint density at radius 1 is 1.38 bits per heavy atom. The van der Waals surface area contributed by atoms with Gasteiger partial charge in [-0.25, -0.2) is 4.98 Å². The third-order valence-electron chi connectivity index (χ3n) is 4.57. The SMILES string of the molecule is COc1ccccc1CN(C)C(=O)CN1CCc2c(ncn2C)C1. The number of imidazole rings is 1. The monoisotopic (exact) mass is 328 g/mol. The van der Waals surface area contributed by atoms with Crippen molar-refractivity contribution in [3.8, 4) is 5.75 Å². The molecule has 1 aromatic heterocycles. The molecule has 0 unspecified atom stereocenters. The normalized spacial score (nSPS) is 14.3. The van der Waals surface area contributed by atoms with Crippen LogP contribution in [0.15, 0.2) is 30.6 Å². The van der Waals surface area contributed by atoms with Gasteiger partial charge in [-0.2, -0.15) is 0 Å². The number of benzene rings is 1. The van der Waals surface area contributed by atoms with E-state index in [1.807, 2.05) is 44.7 Å². The average Bonchev–Trinajstić information content (AvgIpc) is 2.96. The van der Waals surface area contributed by atoms with E-state index in [0.29, 0.717) is 13.1 Å². The summed E-state index contributed by atoms with van der Waals surface area (Å²) in [7, 11) is 5.51. The van der Waals surface area contributed by atoms with Gasteiger partial charge in [0, 0.05) is 51.4 Å². The summed E-state index contributed by atoms with van der Waals surface area (Å²) in [6.45, 7) is 2.60. The van der Waals surface area contributed by atoms with E-state index < -0.39 is 0 Å². The molecule has 0 saturated heterocycles. The van der Waals surface area contributed by atoms with Crippen LogP contribution in [0.2, 0.25) is 0 Å². The fourth-order valence-corrected chi connectivity index (χ4v) is 3.14. The summed E-state index contributed by atoms with van der Waals surface area (Å²) in [6.07, 6.45) is 2.79. The number of nitrogens with zero attached hydrogens (tertiary/aromatic N) is 4. The second kappa shape index (κ2) is 7.05. The van der Waals surface area contributed by atoms with Crippen molar-refractivity contribution in [2.45, 2.75) is 19.5 Å². The van der Waals surface area contributed by atoms with Gasteiger partial charge in [0.2, 0.25) is 5.91 Å². The molecule has 3 rings (SSSR count). The van der Waals surface area contributed by atoms with Gasteiger partial charge in [0.25, 0.3) is 0 Å². The van der Waals surface area contributed by atoms with Crippen molar-refractivity contribution in [3.63, 3.8) is 0 Å². The highest BCUT2D eigenvalue weighted by atomic mass is 16.5. The molecule has 0 spiro atoms. The van der Waals surface area contributed by atoms with Crippen LogP contribution in [0.1, 0.15) is 17.0 Å². The van der Waals surface area contributed by atoms with Gasteiger partial charge in [0.1, 0.15) is 5.75 Å². The standard InChI is InChI=1S/C18H24N4O2/c1-20(10-14-6-4-5-7-17(14)24-3)18(23)12-22-9-8-16-15(11-22)19-13-21(16)2/h4-7,13H,8-12H2,1-3H3. The molecule has 24 heavy (non-hydrogen) atoms. The van der Waals surface area contributed by atoms with Crippen LogP contribution < -0.4 is 4.74 Å². The number of carbonyl (C=O) groups excluding carboxylic acids is 1. The first kappa shape index (κ1) is 16.5. The van der Waals surface area contributed by atoms with Crippen molar-refractivity contribution in [2.75, 3.05) is 27.2 Å². The van der Waals surface area contributed by atoms with Crippen LogP contribution in [-0.2, 0) is 31.4 Å². The number of rotatable bonds is 5. The number of amides is 1. The minimum absolute atomic E-state index is 0.111. The molecule has 1 aliphatic heterocycles. The predicted octanol–water partition coefficient (Wildman–Crippen LogP) is 1.45. The highest BCUT2D eigenvalue weighted by Gasteiger charge is 2.23. The minimum Gasteiger partial charge on any atom is -0.496 e. The van der Waals surface area contributed by atoms with Crippen molar-refractivity contribution in [2.24, 2.45) is 7.05 Å². The van der Waals surface area contributed by atoms with Crippen molar-refractivity contribution in [1.29, 1.82) is 0 Å². The first-order valence-corrected chi connectivity index (χ1v) is 8.15. The number of aromatic nitrogens is 2. The number of methoxy groups -OCH3 is 1. The summed E-state index contributed by atoms with van der Waals surface area (Å²) in [4.78, 5) is 20.9. The molecule has 1 aliphatic rings. The molecule has 0 atom stereocenters. The van der Waals surface area contributed by atoms with Gasteiger partial charge >= 0.3 is 0 Å². The predicted molar refractivity (Wildman–Crippen MR) is 91.7 cm³/mol. The van der Waals surface area contributed by atoms with E-state index in [1.165, 1.54) is 5.69 Å². The van der Waals surface area contributed by atoms with Gasteiger partial charge in [-0.1, -0.05) is 18.2 Å². The van der Waals surface area contributed by atoms with Crippen LogP contribution in [0.4, 0.5) is 0 Å². The molecule has 0 saturated carbocycles. The van der Waals surface area contributed by atoms with E-state index in [9.17, 15) is 4.79 Å². The zero-order valence-corrected chi connectivity index (χ0v) is 14.5. The Morgan fingerprint density at radius 2 is 2.17 bits per heavy atom. The lowest BCUT2D eigenvalue weighted by molar-refractivity contribution is -0.131. The zero-order valence-electron chi connectivity index (χ0n) is 14.5. The second-order valence-electron chi connectivity index (χ2n) is 6.27. The quantitative estimate of drug-likeness (QED) is 0.833. The highest BCUT2D eigenvalue weighted by molar-refractivity contribution is 5.78. The van der Waals surface area contributed by atoms with E-state index in [1.54, 1.807) is 12.0 Å². The number of fused-ring (bicyclic) bond motifs is 1. The molecule has 128 valence electrons. The van der Waals surface area contributed by atoms with E-state index in [-0.39, 0.29) is 5.91 Å². The third kappa shape index (κ3) is 3.43. The van der Waals surface area contributed by atoms with E-state index in [4.69, 9.17) is 4.74 Å². The first-order chi connectivity index (χ1) is 11.6. The van der Waals surface area contributed by atoms with E-state index in [0.717, 1.165) is 36.5 Å². The molecule has 2 aromatic rings. The van der Waals surface area contributed by atoms with Gasteiger partial charge < -0.3 is 14.2 Å². The van der Waals surface area contributed by atoms with Crippen LogP contribution in [0.25, 0.3) is 0 Å². The molecule has 1 aromatic carbocycles. The maximum Gasteiger partial charge on any atom is 0.236 e. The Morgan fingerprint density at radius 3 is 2.96 bits per heavy atom. The van der Waals surface area contributed by atoms with Gasteiger partial charge in [-0.3, -0.25) is 9.69 Å². The number of para-hydroxylation sites is 1. The summed E-state index contributed by atoms with van der Waals surface area (Å²) in [5.41, 5.74) is 3.38. The Hall–Kier alpha value is -2.34. The van der Waals surface area contributed by atoms with Gasteiger partial charge in [0.15, 0.2) is 0 Å². The third-order valence-corrected chi connectivity index (χ3v) is 4.57. The summed E-state index contributed by atoms with van der Waals surface area (Å²) in [5.74, 6) is 0.925. The van der Waals surface area contributed by atoms with Crippen LogP contribution in [-0.4, -0.2) is 52.5 Å². The molecule has 0 radical (unpaired) electrons. The van der Waals surface area contributed by atoms with Gasteiger partial charge in [-0.15, -0.1) is 0 Å². The van der Waals surface area contributed by atoms with Gasteiger partial charge in [-0.05, 0) is 6.07 Å². The Labute approximate surface area is 142 Å². The molecule has 0 N–H and O–H groups in total. The van der Waals surface area contributed by atoms with Crippen molar-refractivity contribution < 1.29 is 9.53 Å². The Bertz CT molecular complexity index is 726. The molecule has 0 aliphatic carbocycles. The first-order valence-electron chi connectivity index (χ1n) is 8.15. The Balaban J connectivity index is 1.59. The number of ether oxygens (including phenoxy) is 1. The number of hydrogen-bond donors (Lipinski definition) is 0. The van der Waals surface area contributed by atoms with Crippen LogP contribution in [0.3, 0.4) is 0 Å². The van der Waals surface area contributed by atoms with Crippen LogP contribution >= 0.6 is 0 Å². The zero-order chi connectivity index (χ0) is 17.1. The van der Waals surface area contributed by atoms with E-state index >= 15 is 0 Å². The van der Waals surface area contributed by atoms with Crippen molar-refractivity contribution >= 4 is 5.91 Å². The van der Waals surface area contributed by atoms with Crippen LogP contribution in [0, 0.1) is 0 Å². The number of likely N-dealkylation sites (N-methyl/N-ethyl adjacent to an activating group) is 1. The summed E-state index contributed by atoms with van der Waals surface area (Å²) < 4.78 is 7.43. The van der Waals surface area contributed by atoms with Gasteiger partial charge in [0.05, 0.1) is 25.7 Å². The summed E-state index contributed by atoms with van der Waals surface area (Å²) >= 11 is 0. The highest BCUT2D eigenvalue weighted by Crippen LogP contribution is 2.20. The minimum atomic E-state index is 0.111. The molecule has 1 amide bonds. The lowest BCUT2D eigenvalue weighted by atomic mass is 10.1. The summed E-state index contributed by atoms with van der Waals surface area (Å²) in [6, 6.07) is 7.80. The molecule has 0 bridgehead atoms. The summed E-state index contributed by atoms with van der Waals surface area (Å²) in [5, 5.41) is 0.